The van der Waals surface area contributed by atoms with E-state index in [4.69, 9.17) is 4.42 Å². The first kappa shape index (κ1) is 17.5. The summed E-state index contributed by atoms with van der Waals surface area (Å²) in [5.74, 6) is 0. The minimum atomic E-state index is 1.00. The largest absolute Gasteiger partial charge is 0.455 e. The Balaban J connectivity index is 1.55. The predicted molar refractivity (Wildman–Crippen MR) is 126 cm³/mol. The van der Waals surface area contributed by atoms with Gasteiger partial charge in [-0.1, -0.05) is 86.1 Å². The maximum atomic E-state index is 6.56. The van der Waals surface area contributed by atoms with Crippen molar-refractivity contribution in [3.8, 4) is 22.3 Å². The predicted octanol–water partition coefficient (Wildman–Crippen LogP) is 8.17. The second kappa shape index (κ2) is 6.88. The van der Waals surface area contributed by atoms with Gasteiger partial charge in [-0.05, 0) is 58.7 Å². The molecule has 5 aromatic rings. The Morgan fingerprint density at radius 3 is 2.37 bits per heavy atom. The van der Waals surface area contributed by atoms with Gasteiger partial charge in [-0.2, -0.15) is 0 Å². The van der Waals surface area contributed by atoms with Gasteiger partial charge in [0, 0.05) is 16.3 Å². The van der Waals surface area contributed by atoms with E-state index in [1.165, 1.54) is 62.6 Å². The van der Waals surface area contributed by atoms with Crippen molar-refractivity contribution < 1.29 is 4.42 Å². The highest BCUT2D eigenvalue weighted by atomic mass is 16.3. The lowest BCUT2D eigenvalue weighted by Gasteiger charge is -2.07. The van der Waals surface area contributed by atoms with Gasteiger partial charge in [-0.3, -0.25) is 0 Å². The molecule has 1 aromatic heterocycles. The number of unbranched alkanes of at least 4 members (excludes halogenated alkanes) is 1. The molecular weight excluding hydrogens is 364 g/mol. The number of rotatable bonds is 4. The molecule has 6 rings (SSSR count). The third-order valence-corrected chi connectivity index (χ3v) is 6.51. The summed E-state index contributed by atoms with van der Waals surface area (Å²) in [5, 5.41) is 2.44. The standard InChI is InChI=1S/C29H24O/c1-2-3-8-19-10-6-13-25-26-14-7-12-24(29(26)30-28(19)25)22-16-15-21-17-20-9-4-5-11-23(20)27(21)18-22/h4-7,9-16,18H,2-3,8,17H2,1H3. The lowest BCUT2D eigenvalue weighted by atomic mass is 9.97. The molecule has 0 saturated carbocycles. The van der Waals surface area contributed by atoms with Crippen LogP contribution in [0.4, 0.5) is 0 Å². The molecular formula is C29H24O. The van der Waals surface area contributed by atoms with Crippen LogP contribution in [0, 0.1) is 0 Å². The van der Waals surface area contributed by atoms with E-state index < -0.39 is 0 Å². The first-order chi connectivity index (χ1) is 14.8. The van der Waals surface area contributed by atoms with E-state index in [0.717, 1.165) is 24.0 Å². The molecule has 0 radical (unpaired) electrons. The lowest BCUT2D eigenvalue weighted by molar-refractivity contribution is 0.659. The van der Waals surface area contributed by atoms with Gasteiger partial charge in [0.15, 0.2) is 0 Å². The van der Waals surface area contributed by atoms with E-state index in [-0.39, 0.29) is 0 Å². The Kier molecular flexibility index (Phi) is 4.02. The molecule has 0 spiro atoms. The van der Waals surface area contributed by atoms with E-state index in [2.05, 4.69) is 85.8 Å². The van der Waals surface area contributed by atoms with Gasteiger partial charge >= 0.3 is 0 Å². The summed E-state index contributed by atoms with van der Waals surface area (Å²) >= 11 is 0. The van der Waals surface area contributed by atoms with Crippen molar-refractivity contribution >= 4 is 21.9 Å². The van der Waals surface area contributed by atoms with E-state index in [9.17, 15) is 0 Å². The van der Waals surface area contributed by atoms with Crippen LogP contribution in [0.15, 0.2) is 83.3 Å². The van der Waals surface area contributed by atoms with Crippen molar-refractivity contribution in [2.24, 2.45) is 0 Å². The smallest absolute Gasteiger partial charge is 0.143 e. The summed E-state index contributed by atoms with van der Waals surface area (Å²) < 4.78 is 6.56. The summed E-state index contributed by atoms with van der Waals surface area (Å²) in [5.41, 5.74) is 11.4. The number of para-hydroxylation sites is 2. The molecule has 4 aromatic carbocycles. The van der Waals surface area contributed by atoms with Crippen LogP contribution in [0.25, 0.3) is 44.2 Å². The Morgan fingerprint density at radius 2 is 1.47 bits per heavy atom. The quantitative estimate of drug-likeness (QED) is 0.297. The van der Waals surface area contributed by atoms with Crippen LogP contribution in [0.1, 0.15) is 36.5 Å². The molecule has 0 fully saturated rings. The summed E-state index contributed by atoms with van der Waals surface area (Å²) in [6.45, 7) is 2.24. The van der Waals surface area contributed by atoms with Crippen LogP contribution in [0.5, 0.6) is 0 Å². The zero-order chi connectivity index (χ0) is 20.1. The highest BCUT2D eigenvalue weighted by Crippen LogP contribution is 2.41. The molecule has 146 valence electrons. The molecule has 30 heavy (non-hydrogen) atoms. The fourth-order valence-corrected chi connectivity index (χ4v) is 4.96. The van der Waals surface area contributed by atoms with E-state index in [1.807, 2.05) is 0 Å². The molecule has 1 heterocycles. The number of hydrogen-bond donors (Lipinski definition) is 0. The second-order valence-electron chi connectivity index (χ2n) is 8.39. The highest BCUT2D eigenvalue weighted by Gasteiger charge is 2.20. The highest BCUT2D eigenvalue weighted by molar-refractivity contribution is 6.10. The van der Waals surface area contributed by atoms with Crippen LogP contribution in [0.2, 0.25) is 0 Å². The van der Waals surface area contributed by atoms with E-state index in [1.54, 1.807) is 0 Å². The van der Waals surface area contributed by atoms with Gasteiger partial charge in [-0.25, -0.2) is 0 Å². The van der Waals surface area contributed by atoms with Crippen LogP contribution in [-0.2, 0) is 12.8 Å². The molecule has 0 atom stereocenters. The first-order valence-electron chi connectivity index (χ1n) is 11.0. The van der Waals surface area contributed by atoms with Crippen molar-refractivity contribution in [3.05, 3.63) is 95.6 Å². The molecule has 0 amide bonds. The Morgan fingerprint density at radius 1 is 0.700 bits per heavy atom. The van der Waals surface area contributed by atoms with Crippen molar-refractivity contribution in [1.82, 2.24) is 0 Å². The summed E-state index contributed by atoms with van der Waals surface area (Å²) in [4.78, 5) is 0. The molecule has 0 saturated heterocycles. The van der Waals surface area contributed by atoms with Crippen molar-refractivity contribution in [2.45, 2.75) is 32.6 Å². The molecule has 1 nitrogen and oxygen atoms in total. The minimum Gasteiger partial charge on any atom is -0.455 e. The Labute approximate surface area is 177 Å². The summed E-state index contributed by atoms with van der Waals surface area (Å²) in [7, 11) is 0. The van der Waals surface area contributed by atoms with Crippen LogP contribution >= 0.6 is 0 Å². The Bertz CT molecular complexity index is 1400. The van der Waals surface area contributed by atoms with Gasteiger partial charge in [0.05, 0.1) is 0 Å². The van der Waals surface area contributed by atoms with Crippen molar-refractivity contribution in [1.29, 1.82) is 0 Å². The maximum Gasteiger partial charge on any atom is 0.143 e. The molecule has 1 heteroatoms. The monoisotopic (exact) mass is 388 g/mol. The van der Waals surface area contributed by atoms with Crippen LogP contribution in [0.3, 0.4) is 0 Å². The number of furan rings is 1. The SMILES string of the molecule is CCCCc1cccc2c1oc1c(-c3ccc4c(c3)-c3ccccc3C4)cccc12. The second-order valence-corrected chi connectivity index (χ2v) is 8.39. The van der Waals surface area contributed by atoms with Gasteiger partial charge in [-0.15, -0.1) is 0 Å². The van der Waals surface area contributed by atoms with Crippen LogP contribution < -0.4 is 0 Å². The average Bonchev–Trinajstić information content (AvgIpc) is 3.36. The lowest BCUT2D eigenvalue weighted by Crippen LogP contribution is -1.84. The van der Waals surface area contributed by atoms with Crippen molar-refractivity contribution in [3.63, 3.8) is 0 Å². The van der Waals surface area contributed by atoms with Gasteiger partial charge in [0.25, 0.3) is 0 Å². The summed E-state index contributed by atoms with van der Waals surface area (Å²) in [6.07, 6.45) is 4.48. The topological polar surface area (TPSA) is 13.1 Å². The average molecular weight is 389 g/mol. The summed E-state index contributed by atoms with van der Waals surface area (Å²) in [6, 6.07) is 28.8. The molecule has 0 N–H and O–H groups in total. The van der Waals surface area contributed by atoms with Gasteiger partial charge in [0.2, 0.25) is 0 Å². The maximum absolute atomic E-state index is 6.56. The van der Waals surface area contributed by atoms with Crippen LogP contribution in [-0.4, -0.2) is 0 Å². The van der Waals surface area contributed by atoms with E-state index >= 15 is 0 Å². The molecule has 1 aliphatic carbocycles. The first-order valence-corrected chi connectivity index (χ1v) is 11.0. The number of hydrogen-bond acceptors (Lipinski definition) is 1. The fourth-order valence-electron chi connectivity index (χ4n) is 4.96. The third-order valence-electron chi connectivity index (χ3n) is 6.51. The number of fused-ring (bicyclic) bond motifs is 6. The minimum absolute atomic E-state index is 1.00. The number of aryl methyl sites for hydroxylation is 1. The number of benzene rings is 4. The fraction of sp³-hybridized carbons (Fsp3) is 0.172. The Hall–Kier alpha value is -3.32. The molecule has 1 aliphatic rings. The molecule has 0 unspecified atom stereocenters. The van der Waals surface area contributed by atoms with Gasteiger partial charge < -0.3 is 4.42 Å². The molecule has 0 bridgehead atoms. The zero-order valence-corrected chi connectivity index (χ0v) is 17.2. The van der Waals surface area contributed by atoms with Crippen molar-refractivity contribution in [2.75, 3.05) is 0 Å². The van der Waals surface area contributed by atoms with E-state index in [0.29, 0.717) is 0 Å². The third kappa shape index (κ3) is 2.62. The normalized spacial score (nSPS) is 12.4. The zero-order valence-electron chi connectivity index (χ0n) is 17.2. The molecule has 0 aliphatic heterocycles. The van der Waals surface area contributed by atoms with Gasteiger partial charge in [0.1, 0.15) is 11.2 Å².